The van der Waals surface area contributed by atoms with Crippen LogP contribution in [-0.4, -0.2) is 33.5 Å². The van der Waals surface area contributed by atoms with Gasteiger partial charge in [-0.3, -0.25) is 0 Å². The second-order valence-electron chi connectivity index (χ2n) is 14.7. The molecular formula is C45H54ClN5O. The number of hydrogen-bond donors (Lipinski definition) is 0. The van der Waals surface area contributed by atoms with Gasteiger partial charge in [0.15, 0.2) is 11.5 Å². The van der Waals surface area contributed by atoms with Gasteiger partial charge in [-0.1, -0.05) is 139 Å². The highest BCUT2D eigenvalue weighted by atomic mass is 35.5. The molecule has 0 spiro atoms. The Morgan fingerprint density at radius 3 is 2.17 bits per heavy atom. The van der Waals surface area contributed by atoms with Gasteiger partial charge in [-0.15, -0.1) is 10.2 Å². The maximum Gasteiger partial charge on any atom is 0.187 e. The first kappa shape index (κ1) is 37.3. The fourth-order valence-electron chi connectivity index (χ4n) is 7.51. The third-order valence-corrected chi connectivity index (χ3v) is 10.9. The molecule has 1 aliphatic rings. The minimum Gasteiger partial charge on any atom is -0.496 e. The van der Waals surface area contributed by atoms with Gasteiger partial charge in [0.2, 0.25) is 0 Å². The molecule has 0 unspecified atom stereocenters. The summed E-state index contributed by atoms with van der Waals surface area (Å²) in [5.41, 5.74) is 9.80. The lowest BCUT2D eigenvalue weighted by Crippen LogP contribution is -2.27. The zero-order chi connectivity index (χ0) is 36.7. The van der Waals surface area contributed by atoms with Crippen LogP contribution >= 0.6 is 11.6 Å². The predicted octanol–water partition coefficient (Wildman–Crippen LogP) is 11.4. The number of nitrogens with zero attached hydrogens (tertiary/aromatic N) is 5. The number of benzene rings is 3. The molecule has 0 radical (unpaired) electrons. The Morgan fingerprint density at radius 2 is 1.46 bits per heavy atom. The number of rotatable bonds is 16. The minimum absolute atomic E-state index is 0.122. The predicted molar refractivity (Wildman–Crippen MR) is 218 cm³/mol. The van der Waals surface area contributed by atoms with E-state index in [1.165, 1.54) is 92.3 Å². The van der Waals surface area contributed by atoms with Crippen molar-refractivity contribution in [2.24, 2.45) is 0 Å². The highest BCUT2D eigenvalue weighted by Crippen LogP contribution is 2.48. The molecular weight excluding hydrogens is 662 g/mol. The number of unbranched alkanes of at least 4 members (excludes halogenated alkanes) is 9. The lowest BCUT2D eigenvalue weighted by Gasteiger charge is -2.27. The Labute approximate surface area is 315 Å². The molecule has 0 amide bonds. The lowest BCUT2D eigenvalue weighted by molar-refractivity contribution is 0.416. The molecule has 1 aliphatic heterocycles. The van der Waals surface area contributed by atoms with Crippen LogP contribution in [0.25, 0.3) is 34.4 Å². The SMILES string of the molecule is CCCCCCCCCCCCN1/C(=C/C=C/C=c2/c(-c3cc(Cl)ccc3OC)nn3c(-c4ccccc4)nnc23)C(C)(C)c2cc(C)c(C)cc21. The average Bonchev–Trinajstić information content (AvgIpc) is 3.77. The van der Waals surface area contributed by atoms with E-state index < -0.39 is 0 Å². The lowest BCUT2D eigenvalue weighted by atomic mass is 9.82. The van der Waals surface area contributed by atoms with Crippen LogP contribution in [0.1, 0.15) is 102 Å². The third-order valence-electron chi connectivity index (χ3n) is 10.7. The Morgan fingerprint density at radius 1 is 0.788 bits per heavy atom. The first-order valence-electron chi connectivity index (χ1n) is 19.2. The number of ether oxygens (including phenoxy) is 1. The van der Waals surface area contributed by atoms with Crippen LogP contribution in [0.5, 0.6) is 5.75 Å². The molecule has 3 aromatic carbocycles. The van der Waals surface area contributed by atoms with Gasteiger partial charge < -0.3 is 9.64 Å². The molecule has 52 heavy (non-hydrogen) atoms. The first-order valence-corrected chi connectivity index (χ1v) is 19.5. The zero-order valence-electron chi connectivity index (χ0n) is 31.9. The molecule has 5 aromatic rings. The number of anilines is 1. The van der Waals surface area contributed by atoms with Crippen LogP contribution in [0.15, 0.2) is 84.6 Å². The third kappa shape index (κ3) is 7.97. The summed E-state index contributed by atoms with van der Waals surface area (Å²) in [6.07, 6.45) is 22.0. The normalized spacial score (nSPS) is 15.1. The largest absolute Gasteiger partial charge is 0.496 e. The first-order chi connectivity index (χ1) is 25.2. The second-order valence-corrected chi connectivity index (χ2v) is 15.2. The number of allylic oxidation sites excluding steroid dienone is 4. The van der Waals surface area contributed by atoms with Gasteiger partial charge in [0.05, 0.1) is 7.11 Å². The summed E-state index contributed by atoms with van der Waals surface area (Å²) in [7, 11) is 1.67. The number of halogens is 1. The summed E-state index contributed by atoms with van der Waals surface area (Å²) in [5.74, 6) is 1.38. The van der Waals surface area contributed by atoms with Crippen LogP contribution < -0.4 is 14.9 Å². The number of aromatic nitrogens is 4. The molecule has 3 heterocycles. The summed E-state index contributed by atoms with van der Waals surface area (Å²) >= 11 is 6.51. The van der Waals surface area contributed by atoms with E-state index in [0.717, 1.165) is 28.6 Å². The van der Waals surface area contributed by atoms with Crippen LogP contribution in [0.2, 0.25) is 5.02 Å². The maximum atomic E-state index is 6.51. The van der Waals surface area contributed by atoms with E-state index in [1.54, 1.807) is 7.11 Å². The van der Waals surface area contributed by atoms with Crippen LogP contribution in [0.3, 0.4) is 0 Å². The van der Waals surface area contributed by atoms with Gasteiger partial charge in [-0.25, -0.2) is 0 Å². The molecule has 0 bridgehead atoms. The fraction of sp³-hybridized carbons (Fsp3) is 0.400. The van der Waals surface area contributed by atoms with Crippen molar-refractivity contribution < 1.29 is 4.74 Å². The molecule has 0 saturated heterocycles. The van der Waals surface area contributed by atoms with Crippen molar-refractivity contribution in [2.75, 3.05) is 18.6 Å². The summed E-state index contributed by atoms with van der Waals surface area (Å²) in [5, 5.41) is 15.7. The molecule has 7 heteroatoms. The Bertz CT molecular complexity index is 2100. The Kier molecular flexibility index (Phi) is 12.2. The molecule has 0 saturated carbocycles. The van der Waals surface area contributed by atoms with Gasteiger partial charge in [0.25, 0.3) is 0 Å². The summed E-state index contributed by atoms with van der Waals surface area (Å²) < 4.78 is 7.58. The van der Waals surface area contributed by atoms with E-state index in [2.05, 4.69) is 86.2 Å². The van der Waals surface area contributed by atoms with Crippen molar-refractivity contribution in [1.82, 2.24) is 19.8 Å². The van der Waals surface area contributed by atoms with E-state index in [-0.39, 0.29) is 5.41 Å². The van der Waals surface area contributed by atoms with E-state index in [9.17, 15) is 0 Å². The standard InChI is InChI=1S/C45H54ClN5O/c1-7-8-9-10-11-12-13-14-15-21-28-50-39-30-33(3)32(2)29-38(39)45(4,5)41(50)25-20-19-24-36-42(37-31-35(46)26-27-40(37)52-6)49-51-43(47-48-44(36)51)34-22-17-16-18-23-34/h16-20,22-27,29-31H,7-15,21,28H2,1-6H3/b20-19+,36-24-,41-25+. The topological polar surface area (TPSA) is 55.5 Å². The van der Waals surface area contributed by atoms with Gasteiger partial charge in [0.1, 0.15) is 11.4 Å². The average molecular weight is 716 g/mol. The van der Waals surface area contributed by atoms with Crippen molar-refractivity contribution in [3.8, 4) is 28.4 Å². The highest BCUT2D eigenvalue weighted by Gasteiger charge is 2.39. The molecule has 6 rings (SSSR count). The van der Waals surface area contributed by atoms with E-state index >= 15 is 0 Å². The van der Waals surface area contributed by atoms with Crippen molar-refractivity contribution in [1.29, 1.82) is 0 Å². The smallest absolute Gasteiger partial charge is 0.187 e. The summed E-state index contributed by atoms with van der Waals surface area (Å²) in [6.45, 7) is 12.5. The van der Waals surface area contributed by atoms with Crippen LogP contribution in [0.4, 0.5) is 5.69 Å². The second kappa shape index (κ2) is 16.9. The number of methoxy groups -OCH3 is 1. The van der Waals surface area contributed by atoms with E-state index in [0.29, 0.717) is 22.2 Å². The van der Waals surface area contributed by atoms with Crippen molar-refractivity contribution >= 4 is 29.0 Å². The molecule has 0 aliphatic carbocycles. The maximum absolute atomic E-state index is 6.51. The Balaban J connectivity index is 1.31. The highest BCUT2D eigenvalue weighted by molar-refractivity contribution is 6.31. The number of hydrogen-bond acceptors (Lipinski definition) is 5. The Hall–Kier alpha value is -4.42. The van der Waals surface area contributed by atoms with E-state index in [4.69, 9.17) is 21.4 Å². The molecule has 0 N–H and O–H groups in total. The molecule has 2 aromatic heterocycles. The molecule has 0 fully saturated rings. The fourth-order valence-corrected chi connectivity index (χ4v) is 7.68. The van der Waals surface area contributed by atoms with Crippen molar-refractivity contribution in [3.05, 3.63) is 112 Å². The quantitative estimate of drug-likeness (QED) is 0.0952. The summed E-state index contributed by atoms with van der Waals surface area (Å²) in [4.78, 5) is 2.58. The molecule has 6 nitrogen and oxygen atoms in total. The minimum atomic E-state index is -0.122. The van der Waals surface area contributed by atoms with Gasteiger partial charge in [-0.2, -0.15) is 9.61 Å². The summed E-state index contributed by atoms with van der Waals surface area (Å²) in [6, 6.07) is 20.4. The number of fused-ring (bicyclic) bond motifs is 2. The van der Waals surface area contributed by atoms with Crippen LogP contribution in [-0.2, 0) is 5.41 Å². The van der Waals surface area contributed by atoms with Gasteiger partial charge in [0, 0.05) is 44.7 Å². The van der Waals surface area contributed by atoms with Gasteiger partial charge >= 0.3 is 0 Å². The van der Waals surface area contributed by atoms with Crippen molar-refractivity contribution in [2.45, 2.75) is 104 Å². The van der Waals surface area contributed by atoms with Gasteiger partial charge in [-0.05, 0) is 73.4 Å². The van der Waals surface area contributed by atoms with Crippen molar-refractivity contribution in [3.63, 3.8) is 0 Å². The van der Waals surface area contributed by atoms with E-state index in [1.807, 2.05) is 53.0 Å². The molecule has 0 atom stereocenters. The zero-order valence-corrected chi connectivity index (χ0v) is 32.6. The van der Waals surface area contributed by atoms with Crippen LogP contribution in [0, 0.1) is 13.8 Å². The number of aryl methyl sites for hydroxylation is 2. The monoisotopic (exact) mass is 715 g/mol. The molecule has 272 valence electrons.